The molecule has 1 heterocycles. The van der Waals surface area contributed by atoms with Crippen LogP contribution in [0.1, 0.15) is 39.9 Å². The molecule has 9 heteroatoms. The number of nitriles is 1. The number of nitrogens with two attached hydrogens (primary N) is 1. The van der Waals surface area contributed by atoms with Gasteiger partial charge in [0.2, 0.25) is 5.88 Å². The monoisotopic (exact) mass is 582 g/mol. The van der Waals surface area contributed by atoms with Gasteiger partial charge >= 0.3 is 5.97 Å². The van der Waals surface area contributed by atoms with Gasteiger partial charge in [-0.25, -0.2) is 4.79 Å². The number of methoxy groups -OCH3 is 1. The summed E-state index contributed by atoms with van der Waals surface area (Å²) in [6.45, 7) is 2.73. The molecule has 4 aromatic carbocycles. The van der Waals surface area contributed by atoms with Crippen molar-refractivity contribution in [3.8, 4) is 34.8 Å². The van der Waals surface area contributed by atoms with Crippen LogP contribution < -0.4 is 29.4 Å². The fourth-order valence-corrected chi connectivity index (χ4v) is 4.71. The van der Waals surface area contributed by atoms with Crippen LogP contribution in [0.2, 0.25) is 5.02 Å². The maximum absolute atomic E-state index is 12.7. The van der Waals surface area contributed by atoms with Crippen LogP contribution in [0.5, 0.6) is 28.7 Å². The van der Waals surface area contributed by atoms with Crippen LogP contribution in [0.15, 0.2) is 96.4 Å². The molecule has 0 aliphatic carbocycles. The molecule has 0 spiro atoms. The summed E-state index contributed by atoms with van der Waals surface area (Å²) in [6, 6.07) is 26.7. The third-order valence-corrected chi connectivity index (χ3v) is 6.88. The average Bonchev–Trinajstić information content (AvgIpc) is 3.00. The summed E-state index contributed by atoms with van der Waals surface area (Å²) in [5.74, 6) is 1.21. The molecular formula is C33H27ClN2O6. The molecule has 1 aliphatic rings. The Balaban J connectivity index is 1.40. The molecule has 0 amide bonds. The molecule has 8 nitrogen and oxygen atoms in total. The van der Waals surface area contributed by atoms with Crippen molar-refractivity contribution in [3.05, 3.63) is 124 Å². The molecule has 0 saturated heterocycles. The van der Waals surface area contributed by atoms with Gasteiger partial charge in [-0.15, -0.1) is 0 Å². The van der Waals surface area contributed by atoms with Gasteiger partial charge in [0.15, 0.2) is 11.5 Å². The summed E-state index contributed by atoms with van der Waals surface area (Å²) in [4.78, 5) is 12.7. The third-order valence-electron chi connectivity index (χ3n) is 6.63. The number of fused-ring (bicyclic) bond motifs is 1. The van der Waals surface area contributed by atoms with Gasteiger partial charge in [-0.1, -0.05) is 35.9 Å². The number of rotatable bonds is 9. The maximum Gasteiger partial charge on any atom is 0.343 e. The fourth-order valence-electron chi connectivity index (χ4n) is 4.59. The van der Waals surface area contributed by atoms with Crippen molar-refractivity contribution in [2.45, 2.75) is 19.4 Å². The minimum atomic E-state index is -0.547. The van der Waals surface area contributed by atoms with Crippen molar-refractivity contribution in [1.82, 2.24) is 0 Å². The Bertz CT molecular complexity index is 1680. The van der Waals surface area contributed by atoms with Crippen LogP contribution in [0.3, 0.4) is 0 Å². The quantitative estimate of drug-likeness (QED) is 0.170. The van der Waals surface area contributed by atoms with E-state index in [0.29, 0.717) is 52.4 Å². The average molecular weight is 583 g/mol. The lowest BCUT2D eigenvalue weighted by molar-refractivity contribution is 0.0734. The topological polar surface area (TPSA) is 113 Å². The van der Waals surface area contributed by atoms with Crippen LogP contribution in [-0.2, 0) is 6.61 Å². The summed E-state index contributed by atoms with van der Waals surface area (Å²) in [5.41, 5.74) is 9.18. The number of benzene rings is 4. The summed E-state index contributed by atoms with van der Waals surface area (Å²) < 4.78 is 28.4. The summed E-state index contributed by atoms with van der Waals surface area (Å²) in [7, 11) is 1.55. The van der Waals surface area contributed by atoms with Crippen molar-refractivity contribution < 1.29 is 28.5 Å². The van der Waals surface area contributed by atoms with Crippen molar-refractivity contribution in [2.24, 2.45) is 5.73 Å². The minimum Gasteiger partial charge on any atom is -0.494 e. The second-order valence-electron chi connectivity index (χ2n) is 9.30. The predicted octanol–water partition coefficient (Wildman–Crippen LogP) is 6.76. The lowest BCUT2D eigenvalue weighted by Crippen LogP contribution is -2.21. The number of esters is 1. The van der Waals surface area contributed by atoms with E-state index in [9.17, 15) is 10.1 Å². The molecular weight excluding hydrogens is 556 g/mol. The minimum absolute atomic E-state index is 0.0352. The van der Waals surface area contributed by atoms with Gasteiger partial charge in [0.1, 0.15) is 35.5 Å². The highest BCUT2D eigenvalue weighted by Crippen LogP contribution is 2.45. The highest BCUT2D eigenvalue weighted by Gasteiger charge is 2.32. The van der Waals surface area contributed by atoms with Gasteiger partial charge in [-0.3, -0.25) is 0 Å². The van der Waals surface area contributed by atoms with E-state index in [1.54, 1.807) is 73.8 Å². The van der Waals surface area contributed by atoms with Crippen LogP contribution >= 0.6 is 11.6 Å². The lowest BCUT2D eigenvalue weighted by Gasteiger charge is -2.27. The molecule has 0 radical (unpaired) electrons. The molecule has 42 heavy (non-hydrogen) atoms. The number of nitrogens with zero attached hydrogens (tertiary/aromatic N) is 1. The van der Waals surface area contributed by atoms with E-state index in [2.05, 4.69) is 6.07 Å². The van der Waals surface area contributed by atoms with Crippen LogP contribution in [-0.4, -0.2) is 19.7 Å². The van der Waals surface area contributed by atoms with Gasteiger partial charge in [0.05, 0.1) is 25.2 Å². The highest BCUT2D eigenvalue weighted by molar-refractivity contribution is 6.30. The van der Waals surface area contributed by atoms with Gasteiger partial charge < -0.3 is 29.4 Å². The second kappa shape index (κ2) is 12.6. The smallest absolute Gasteiger partial charge is 0.343 e. The molecule has 4 aromatic rings. The number of carbonyl (C=O) groups excluding carboxylic acids is 1. The zero-order chi connectivity index (χ0) is 29.6. The van der Waals surface area contributed by atoms with Crippen LogP contribution in [0.25, 0.3) is 0 Å². The maximum atomic E-state index is 12.7. The van der Waals surface area contributed by atoms with Gasteiger partial charge in [0, 0.05) is 16.7 Å². The summed E-state index contributed by atoms with van der Waals surface area (Å²) in [5, 5.41) is 10.6. The van der Waals surface area contributed by atoms with E-state index < -0.39 is 11.9 Å². The molecule has 0 bridgehead atoms. The Kier molecular flexibility index (Phi) is 8.51. The second-order valence-corrected chi connectivity index (χ2v) is 9.73. The highest BCUT2D eigenvalue weighted by atomic mass is 35.5. The van der Waals surface area contributed by atoms with E-state index in [-0.39, 0.29) is 17.2 Å². The first-order chi connectivity index (χ1) is 20.4. The van der Waals surface area contributed by atoms with E-state index in [1.807, 2.05) is 25.1 Å². The number of hydrogen-bond donors (Lipinski definition) is 1. The molecule has 1 aliphatic heterocycles. The molecule has 0 saturated carbocycles. The zero-order valence-electron chi connectivity index (χ0n) is 22.9. The zero-order valence-corrected chi connectivity index (χ0v) is 23.7. The molecule has 0 aromatic heterocycles. The lowest BCUT2D eigenvalue weighted by atomic mass is 9.83. The van der Waals surface area contributed by atoms with Crippen LogP contribution in [0, 0.1) is 11.3 Å². The van der Waals surface area contributed by atoms with E-state index >= 15 is 0 Å². The van der Waals surface area contributed by atoms with Gasteiger partial charge in [-0.2, -0.15) is 5.26 Å². The largest absolute Gasteiger partial charge is 0.494 e. The number of ether oxygens (including phenoxy) is 5. The normalized spacial score (nSPS) is 13.8. The molecule has 1 unspecified atom stereocenters. The SMILES string of the molecule is CCOc1ccc(C(=O)Oc2ccc3c(c2)OC(N)=C(C#N)C3c2ccc(OCc3ccc(Cl)cc3)c(OC)c2)cc1. The summed E-state index contributed by atoms with van der Waals surface area (Å²) >= 11 is 5.98. The van der Waals surface area contributed by atoms with Crippen molar-refractivity contribution in [1.29, 1.82) is 5.26 Å². The molecule has 0 fully saturated rings. The third kappa shape index (κ3) is 6.12. The van der Waals surface area contributed by atoms with Gasteiger partial charge in [-0.05, 0) is 72.6 Å². The first-order valence-electron chi connectivity index (χ1n) is 13.1. The first-order valence-corrected chi connectivity index (χ1v) is 13.5. The molecule has 212 valence electrons. The Morgan fingerprint density at radius 2 is 1.69 bits per heavy atom. The molecule has 1 atom stereocenters. The Morgan fingerprint density at radius 1 is 0.952 bits per heavy atom. The molecule has 5 rings (SSSR count). The molecule has 2 N–H and O–H groups in total. The fraction of sp³-hybridized carbons (Fsp3) is 0.152. The van der Waals surface area contributed by atoms with E-state index in [4.69, 9.17) is 41.0 Å². The Labute approximate surface area is 248 Å². The first kappa shape index (κ1) is 28.4. The van der Waals surface area contributed by atoms with Crippen molar-refractivity contribution >= 4 is 17.6 Å². The van der Waals surface area contributed by atoms with E-state index in [1.165, 1.54) is 0 Å². The predicted molar refractivity (Wildman–Crippen MR) is 157 cm³/mol. The van der Waals surface area contributed by atoms with Crippen molar-refractivity contribution in [3.63, 3.8) is 0 Å². The summed E-state index contributed by atoms with van der Waals surface area (Å²) in [6.07, 6.45) is 0. The number of halogens is 1. The van der Waals surface area contributed by atoms with Crippen molar-refractivity contribution in [2.75, 3.05) is 13.7 Å². The Hall–Kier alpha value is -5.13. The number of carbonyl (C=O) groups is 1. The number of allylic oxidation sites excluding steroid dienone is 1. The number of hydrogen-bond acceptors (Lipinski definition) is 8. The standard InChI is InChI=1S/C33H27ClN2O6/c1-3-39-24-11-6-21(7-12-24)33(37)41-25-13-14-26-29(17-25)42-32(36)27(18-35)31(26)22-8-15-28(30(16-22)38-2)40-19-20-4-9-23(34)10-5-20/h4-17,31H,3,19,36H2,1-2H3. The van der Waals surface area contributed by atoms with Crippen LogP contribution in [0.4, 0.5) is 0 Å². The van der Waals surface area contributed by atoms with Gasteiger partial charge in [0.25, 0.3) is 0 Å². The Morgan fingerprint density at radius 3 is 2.38 bits per heavy atom. The van der Waals surface area contributed by atoms with E-state index in [0.717, 1.165) is 11.1 Å².